The van der Waals surface area contributed by atoms with Gasteiger partial charge in [-0.2, -0.15) is 0 Å². The Morgan fingerprint density at radius 1 is 1.16 bits per heavy atom. The molecule has 0 aliphatic rings. The monoisotopic (exact) mass is 263 g/mol. The summed E-state index contributed by atoms with van der Waals surface area (Å²) in [6.45, 7) is 8.53. The summed E-state index contributed by atoms with van der Waals surface area (Å²) >= 11 is 0. The Morgan fingerprint density at radius 3 is 2.42 bits per heavy atom. The predicted octanol–water partition coefficient (Wildman–Crippen LogP) is 3.58. The third kappa shape index (κ3) is 6.22. The van der Waals surface area contributed by atoms with Crippen molar-refractivity contribution >= 4 is 0 Å². The van der Waals surface area contributed by atoms with E-state index in [0.29, 0.717) is 12.0 Å². The highest BCUT2D eigenvalue weighted by molar-refractivity contribution is 5.21. The first-order valence-corrected chi connectivity index (χ1v) is 7.45. The van der Waals surface area contributed by atoms with Gasteiger partial charge < -0.3 is 10.1 Å². The average Bonchev–Trinajstić information content (AvgIpc) is 2.42. The van der Waals surface area contributed by atoms with Crippen molar-refractivity contribution < 1.29 is 4.74 Å². The zero-order valence-electron chi connectivity index (χ0n) is 12.9. The van der Waals surface area contributed by atoms with Crippen LogP contribution in [0.2, 0.25) is 0 Å². The van der Waals surface area contributed by atoms with E-state index in [1.165, 1.54) is 17.5 Å². The van der Waals surface area contributed by atoms with Crippen molar-refractivity contribution in [3.63, 3.8) is 0 Å². The van der Waals surface area contributed by atoms with Crippen molar-refractivity contribution in [2.24, 2.45) is 5.92 Å². The van der Waals surface area contributed by atoms with Crippen molar-refractivity contribution in [1.29, 1.82) is 0 Å². The summed E-state index contributed by atoms with van der Waals surface area (Å²) in [7, 11) is 1.78. The minimum atomic E-state index is 0.585. The van der Waals surface area contributed by atoms with Gasteiger partial charge in [0.2, 0.25) is 0 Å². The lowest BCUT2D eigenvalue weighted by Crippen LogP contribution is -2.35. The fourth-order valence-corrected chi connectivity index (χ4v) is 2.43. The van der Waals surface area contributed by atoms with Crippen LogP contribution >= 0.6 is 0 Å². The normalized spacial score (nSPS) is 14.3. The van der Waals surface area contributed by atoms with Gasteiger partial charge in [0.05, 0.1) is 0 Å². The second-order valence-corrected chi connectivity index (χ2v) is 5.45. The third-order valence-electron chi connectivity index (χ3n) is 3.80. The molecule has 2 nitrogen and oxygen atoms in total. The van der Waals surface area contributed by atoms with Crippen LogP contribution in [-0.4, -0.2) is 26.3 Å². The number of nitrogens with one attached hydrogen (secondary N) is 1. The van der Waals surface area contributed by atoms with Gasteiger partial charge in [-0.05, 0) is 44.2 Å². The molecule has 2 atom stereocenters. The lowest BCUT2D eigenvalue weighted by molar-refractivity contribution is 0.169. The lowest BCUT2D eigenvalue weighted by atomic mass is 9.92. The SMILES string of the molecule is CCNC(CCc1ccc(C)cc1)C(C)CCOC. The van der Waals surface area contributed by atoms with E-state index in [-0.39, 0.29) is 0 Å². The summed E-state index contributed by atoms with van der Waals surface area (Å²) < 4.78 is 5.19. The molecule has 0 amide bonds. The molecule has 108 valence electrons. The maximum Gasteiger partial charge on any atom is 0.0465 e. The number of benzene rings is 1. The minimum absolute atomic E-state index is 0.585. The zero-order chi connectivity index (χ0) is 14.1. The number of methoxy groups -OCH3 is 1. The van der Waals surface area contributed by atoms with Gasteiger partial charge in [0.15, 0.2) is 0 Å². The highest BCUT2D eigenvalue weighted by Crippen LogP contribution is 2.15. The quantitative estimate of drug-likeness (QED) is 0.735. The molecular formula is C17H29NO. The molecule has 19 heavy (non-hydrogen) atoms. The second kappa shape index (κ2) is 9.11. The zero-order valence-corrected chi connectivity index (χ0v) is 12.9. The number of ether oxygens (including phenoxy) is 1. The van der Waals surface area contributed by atoms with Gasteiger partial charge in [-0.3, -0.25) is 0 Å². The van der Waals surface area contributed by atoms with Gasteiger partial charge in [-0.15, -0.1) is 0 Å². The van der Waals surface area contributed by atoms with Crippen LogP contribution < -0.4 is 5.32 Å². The smallest absolute Gasteiger partial charge is 0.0465 e. The second-order valence-electron chi connectivity index (χ2n) is 5.45. The Bertz CT molecular complexity index is 334. The topological polar surface area (TPSA) is 21.3 Å². The molecule has 0 bridgehead atoms. The standard InChI is InChI=1S/C17H29NO/c1-5-18-17(15(3)12-13-19-4)11-10-16-8-6-14(2)7-9-16/h6-9,15,17-18H,5,10-13H2,1-4H3. The van der Waals surface area contributed by atoms with E-state index >= 15 is 0 Å². The molecule has 1 aromatic carbocycles. The first kappa shape index (κ1) is 16.2. The van der Waals surface area contributed by atoms with E-state index in [1.54, 1.807) is 7.11 Å². The first-order chi connectivity index (χ1) is 9.17. The molecule has 1 N–H and O–H groups in total. The van der Waals surface area contributed by atoms with Crippen LogP contribution in [0.4, 0.5) is 0 Å². The summed E-state index contributed by atoms with van der Waals surface area (Å²) in [6.07, 6.45) is 3.47. The molecule has 0 saturated heterocycles. The van der Waals surface area contributed by atoms with Crippen molar-refractivity contribution in [3.05, 3.63) is 35.4 Å². The molecule has 0 aromatic heterocycles. The van der Waals surface area contributed by atoms with Gasteiger partial charge in [0.1, 0.15) is 0 Å². The van der Waals surface area contributed by atoms with Crippen LogP contribution in [0.1, 0.15) is 37.8 Å². The molecule has 0 fully saturated rings. The third-order valence-corrected chi connectivity index (χ3v) is 3.80. The maximum absolute atomic E-state index is 5.19. The van der Waals surface area contributed by atoms with Crippen LogP contribution in [-0.2, 0) is 11.2 Å². The van der Waals surface area contributed by atoms with Gasteiger partial charge in [-0.25, -0.2) is 0 Å². The molecule has 0 radical (unpaired) electrons. The van der Waals surface area contributed by atoms with Gasteiger partial charge in [0.25, 0.3) is 0 Å². The molecule has 2 heteroatoms. The Labute approximate surface area is 118 Å². The van der Waals surface area contributed by atoms with E-state index in [9.17, 15) is 0 Å². The molecule has 1 rings (SSSR count). The summed E-state index contributed by atoms with van der Waals surface area (Å²) in [5.74, 6) is 0.658. The minimum Gasteiger partial charge on any atom is -0.385 e. The summed E-state index contributed by atoms with van der Waals surface area (Å²) in [4.78, 5) is 0. The van der Waals surface area contributed by atoms with Gasteiger partial charge >= 0.3 is 0 Å². The number of hydrogen-bond donors (Lipinski definition) is 1. The van der Waals surface area contributed by atoms with Crippen molar-refractivity contribution in [3.8, 4) is 0 Å². The fraction of sp³-hybridized carbons (Fsp3) is 0.647. The van der Waals surface area contributed by atoms with Crippen molar-refractivity contribution in [1.82, 2.24) is 5.32 Å². The fourth-order valence-electron chi connectivity index (χ4n) is 2.43. The number of rotatable bonds is 9. The maximum atomic E-state index is 5.19. The van der Waals surface area contributed by atoms with E-state index in [2.05, 4.69) is 50.4 Å². The highest BCUT2D eigenvalue weighted by atomic mass is 16.5. The van der Waals surface area contributed by atoms with Crippen LogP contribution in [0.15, 0.2) is 24.3 Å². The summed E-state index contributed by atoms with van der Waals surface area (Å²) in [6, 6.07) is 9.48. The molecule has 0 aliphatic carbocycles. The van der Waals surface area contributed by atoms with Crippen LogP contribution in [0.5, 0.6) is 0 Å². The Morgan fingerprint density at radius 2 is 1.84 bits per heavy atom. The van der Waals surface area contributed by atoms with E-state index in [4.69, 9.17) is 4.74 Å². The van der Waals surface area contributed by atoms with Crippen molar-refractivity contribution in [2.75, 3.05) is 20.3 Å². The molecular weight excluding hydrogens is 234 g/mol. The molecule has 1 aromatic rings. The van der Waals surface area contributed by atoms with Gasteiger partial charge in [0, 0.05) is 19.8 Å². The van der Waals surface area contributed by atoms with Crippen molar-refractivity contribution in [2.45, 2.75) is 46.1 Å². The lowest BCUT2D eigenvalue weighted by Gasteiger charge is -2.24. The molecule has 2 unspecified atom stereocenters. The average molecular weight is 263 g/mol. The molecule has 0 saturated carbocycles. The van der Waals surface area contributed by atoms with E-state index in [0.717, 1.165) is 26.0 Å². The molecule has 0 aliphatic heterocycles. The number of aryl methyl sites for hydroxylation is 2. The largest absolute Gasteiger partial charge is 0.385 e. The Hall–Kier alpha value is -0.860. The first-order valence-electron chi connectivity index (χ1n) is 7.45. The predicted molar refractivity (Wildman–Crippen MR) is 82.6 cm³/mol. The van der Waals surface area contributed by atoms with E-state index < -0.39 is 0 Å². The van der Waals surface area contributed by atoms with Gasteiger partial charge in [-0.1, -0.05) is 43.7 Å². The summed E-state index contributed by atoms with van der Waals surface area (Å²) in [5.41, 5.74) is 2.77. The van der Waals surface area contributed by atoms with E-state index in [1.807, 2.05) is 0 Å². The number of hydrogen-bond acceptors (Lipinski definition) is 2. The summed E-state index contributed by atoms with van der Waals surface area (Å²) in [5, 5.41) is 3.62. The molecule has 0 heterocycles. The van der Waals surface area contributed by atoms with Crippen LogP contribution in [0.3, 0.4) is 0 Å². The Balaban J connectivity index is 2.46. The Kier molecular flexibility index (Phi) is 7.76. The molecule has 0 spiro atoms. The van der Waals surface area contributed by atoms with Crippen LogP contribution in [0, 0.1) is 12.8 Å². The van der Waals surface area contributed by atoms with Crippen LogP contribution in [0.25, 0.3) is 0 Å². The highest BCUT2D eigenvalue weighted by Gasteiger charge is 2.15.